The molecule has 3 heteroatoms. The Labute approximate surface area is 112 Å². The van der Waals surface area contributed by atoms with Crippen LogP contribution in [0.3, 0.4) is 0 Å². The second-order valence-electron chi connectivity index (χ2n) is 6.52. The Hall–Kier alpha value is -0.590. The van der Waals surface area contributed by atoms with Gasteiger partial charge in [0.25, 0.3) is 0 Å². The zero-order valence-electron chi connectivity index (χ0n) is 12.1. The van der Waals surface area contributed by atoms with E-state index in [1.807, 2.05) is 7.05 Å². The van der Waals surface area contributed by atoms with Crippen LogP contribution >= 0.6 is 0 Å². The Balaban J connectivity index is 2.04. The van der Waals surface area contributed by atoms with Crippen LogP contribution in [0.15, 0.2) is 0 Å². The quantitative estimate of drug-likeness (QED) is 0.814. The second kappa shape index (κ2) is 5.59. The van der Waals surface area contributed by atoms with Gasteiger partial charge in [-0.3, -0.25) is 4.90 Å². The molecule has 2 aliphatic carbocycles. The van der Waals surface area contributed by atoms with E-state index in [1.54, 1.807) is 0 Å². The van der Waals surface area contributed by atoms with Crippen LogP contribution in [-0.2, 0) is 0 Å². The zero-order valence-corrected chi connectivity index (χ0v) is 12.1. The van der Waals surface area contributed by atoms with Crippen molar-refractivity contribution in [2.75, 3.05) is 13.6 Å². The van der Waals surface area contributed by atoms with Gasteiger partial charge in [0, 0.05) is 18.6 Å². The molecule has 18 heavy (non-hydrogen) atoms. The van der Waals surface area contributed by atoms with Gasteiger partial charge in [-0.05, 0) is 51.5 Å². The predicted octanol–water partition coefficient (Wildman–Crippen LogP) is 2.53. The highest BCUT2D eigenvalue weighted by atomic mass is 15.2. The van der Waals surface area contributed by atoms with Crippen LogP contribution in [0.25, 0.3) is 0 Å². The summed E-state index contributed by atoms with van der Waals surface area (Å²) >= 11 is 0. The summed E-state index contributed by atoms with van der Waals surface area (Å²) in [5.41, 5.74) is -0.271. The minimum Gasteiger partial charge on any atom is -0.302 e. The largest absolute Gasteiger partial charge is 0.302 e. The molecule has 0 amide bonds. The third-order valence-corrected chi connectivity index (χ3v) is 4.48. The molecule has 0 aromatic heterocycles. The number of nitrogens with one attached hydrogen (secondary N) is 1. The molecule has 2 unspecified atom stereocenters. The van der Waals surface area contributed by atoms with Gasteiger partial charge in [0.2, 0.25) is 0 Å². The first-order valence-corrected chi connectivity index (χ1v) is 7.46. The summed E-state index contributed by atoms with van der Waals surface area (Å²) in [6, 6.07) is 3.95. The normalized spacial score (nSPS) is 32.8. The zero-order chi connectivity index (χ0) is 13.2. The number of nitrogens with zero attached hydrogens (tertiary/aromatic N) is 2. The maximum Gasteiger partial charge on any atom is 0.108 e. The van der Waals surface area contributed by atoms with Gasteiger partial charge in [0.1, 0.15) is 5.54 Å². The Morgan fingerprint density at radius 2 is 2.06 bits per heavy atom. The molecule has 0 spiro atoms. The predicted molar refractivity (Wildman–Crippen MR) is 74.2 cm³/mol. The van der Waals surface area contributed by atoms with Crippen LogP contribution in [0.1, 0.15) is 52.4 Å². The third-order valence-electron chi connectivity index (χ3n) is 4.48. The SMILES string of the molecule is CNC1(C#N)CCCC(N(CC(C)C)C2CC2)C1. The molecule has 102 valence electrons. The van der Waals surface area contributed by atoms with E-state index < -0.39 is 0 Å². The second-order valence-corrected chi connectivity index (χ2v) is 6.52. The fourth-order valence-electron chi connectivity index (χ4n) is 3.34. The van der Waals surface area contributed by atoms with Crippen molar-refractivity contribution in [3.63, 3.8) is 0 Å². The van der Waals surface area contributed by atoms with Crippen molar-refractivity contribution in [1.82, 2.24) is 10.2 Å². The summed E-state index contributed by atoms with van der Waals surface area (Å²) in [5.74, 6) is 0.721. The smallest absolute Gasteiger partial charge is 0.108 e. The molecular formula is C15H27N3. The lowest BCUT2D eigenvalue weighted by molar-refractivity contribution is 0.103. The highest BCUT2D eigenvalue weighted by Crippen LogP contribution is 2.37. The average Bonchev–Trinajstić information content (AvgIpc) is 3.20. The molecule has 2 aliphatic rings. The van der Waals surface area contributed by atoms with Gasteiger partial charge in [0.15, 0.2) is 0 Å². The van der Waals surface area contributed by atoms with E-state index in [4.69, 9.17) is 0 Å². The van der Waals surface area contributed by atoms with Gasteiger partial charge in [0.05, 0.1) is 6.07 Å². The first-order chi connectivity index (χ1) is 8.60. The first kappa shape index (κ1) is 13.8. The Morgan fingerprint density at radius 1 is 1.33 bits per heavy atom. The summed E-state index contributed by atoms with van der Waals surface area (Å²) in [6.07, 6.45) is 7.19. The number of hydrogen-bond acceptors (Lipinski definition) is 3. The van der Waals surface area contributed by atoms with Gasteiger partial charge in [-0.2, -0.15) is 5.26 Å². The molecule has 2 rings (SSSR count). The molecule has 0 radical (unpaired) electrons. The summed E-state index contributed by atoms with van der Waals surface area (Å²) in [7, 11) is 1.94. The van der Waals surface area contributed by atoms with Crippen molar-refractivity contribution in [2.24, 2.45) is 5.92 Å². The van der Waals surface area contributed by atoms with Crippen LogP contribution in [0.4, 0.5) is 0 Å². The highest BCUT2D eigenvalue weighted by molar-refractivity contribution is 5.11. The lowest BCUT2D eigenvalue weighted by Crippen LogP contribution is -2.52. The number of rotatable bonds is 5. The molecule has 0 aromatic rings. The average molecular weight is 249 g/mol. The fourth-order valence-corrected chi connectivity index (χ4v) is 3.34. The molecule has 2 saturated carbocycles. The maximum atomic E-state index is 9.45. The summed E-state index contributed by atoms with van der Waals surface area (Å²) in [4.78, 5) is 2.70. The van der Waals surface area contributed by atoms with Gasteiger partial charge in [-0.25, -0.2) is 0 Å². The van der Waals surface area contributed by atoms with E-state index in [0.717, 1.165) is 24.8 Å². The van der Waals surface area contributed by atoms with Crippen molar-refractivity contribution in [2.45, 2.75) is 70.0 Å². The van der Waals surface area contributed by atoms with E-state index in [-0.39, 0.29) is 5.54 Å². The fraction of sp³-hybridized carbons (Fsp3) is 0.933. The first-order valence-electron chi connectivity index (χ1n) is 7.46. The van der Waals surface area contributed by atoms with Crippen LogP contribution in [0.5, 0.6) is 0 Å². The van der Waals surface area contributed by atoms with Crippen LogP contribution in [0, 0.1) is 17.2 Å². The monoisotopic (exact) mass is 249 g/mol. The minimum atomic E-state index is -0.271. The van der Waals surface area contributed by atoms with Crippen LogP contribution in [0.2, 0.25) is 0 Å². The van der Waals surface area contributed by atoms with Gasteiger partial charge in [-0.15, -0.1) is 0 Å². The van der Waals surface area contributed by atoms with Crippen LogP contribution in [-0.4, -0.2) is 36.1 Å². The van der Waals surface area contributed by atoms with E-state index in [0.29, 0.717) is 6.04 Å². The number of nitriles is 1. The Bertz CT molecular complexity index is 316. The summed E-state index contributed by atoms with van der Waals surface area (Å²) < 4.78 is 0. The Morgan fingerprint density at radius 3 is 2.56 bits per heavy atom. The van der Waals surface area contributed by atoms with E-state index in [9.17, 15) is 5.26 Å². The molecule has 2 atom stereocenters. The minimum absolute atomic E-state index is 0.271. The molecular weight excluding hydrogens is 222 g/mol. The van der Waals surface area contributed by atoms with Crippen molar-refractivity contribution in [3.8, 4) is 6.07 Å². The van der Waals surface area contributed by atoms with E-state index >= 15 is 0 Å². The maximum absolute atomic E-state index is 9.45. The van der Waals surface area contributed by atoms with E-state index in [1.165, 1.54) is 32.2 Å². The topological polar surface area (TPSA) is 39.1 Å². The highest BCUT2D eigenvalue weighted by Gasteiger charge is 2.41. The van der Waals surface area contributed by atoms with Gasteiger partial charge in [-0.1, -0.05) is 13.8 Å². The van der Waals surface area contributed by atoms with E-state index in [2.05, 4.69) is 30.1 Å². The van der Waals surface area contributed by atoms with Crippen molar-refractivity contribution < 1.29 is 0 Å². The molecule has 2 fully saturated rings. The van der Waals surface area contributed by atoms with Crippen LogP contribution < -0.4 is 5.32 Å². The van der Waals surface area contributed by atoms with Crippen molar-refractivity contribution >= 4 is 0 Å². The standard InChI is InChI=1S/C15H27N3/c1-12(2)10-18(13-6-7-13)14-5-4-8-15(9-14,11-16)17-3/h12-14,17H,4-10H2,1-3H3. The third kappa shape index (κ3) is 3.05. The molecule has 0 aliphatic heterocycles. The lowest BCUT2D eigenvalue weighted by atomic mass is 9.79. The molecule has 0 bridgehead atoms. The molecule has 0 saturated heterocycles. The lowest BCUT2D eigenvalue weighted by Gasteiger charge is -2.42. The molecule has 1 N–H and O–H groups in total. The summed E-state index contributed by atoms with van der Waals surface area (Å²) in [6.45, 7) is 5.79. The van der Waals surface area contributed by atoms with Gasteiger partial charge < -0.3 is 5.32 Å². The Kier molecular flexibility index (Phi) is 4.29. The van der Waals surface area contributed by atoms with Crippen molar-refractivity contribution in [1.29, 1.82) is 5.26 Å². The molecule has 0 heterocycles. The number of hydrogen-bond donors (Lipinski definition) is 1. The summed E-state index contributed by atoms with van der Waals surface area (Å²) in [5, 5.41) is 12.7. The van der Waals surface area contributed by atoms with Gasteiger partial charge >= 0.3 is 0 Å². The van der Waals surface area contributed by atoms with Crippen molar-refractivity contribution in [3.05, 3.63) is 0 Å². The molecule has 3 nitrogen and oxygen atoms in total. The molecule has 0 aromatic carbocycles.